The van der Waals surface area contributed by atoms with Gasteiger partial charge in [-0.15, -0.1) is 11.8 Å². The van der Waals surface area contributed by atoms with Gasteiger partial charge in [0.15, 0.2) is 0 Å². The molecule has 0 saturated heterocycles. The lowest BCUT2D eigenvalue weighted by Gasteiger charge is -2.33. The largest absolute Gasteiger partial charge is 0.478 e. The number of carbonyl (C=O) groups is 1. The Hall–Kier alpha value is -1.75. The van der Waals surface area contributed by atoms with Crippen molar-refractivity contribution in [2.24, 2.45) is 5.41 Å². The number of benzene rings is 1. The maximum atomic E-state index is 13.0. The molecule has 2 rings (SSSR count). The second-order valence-electron chi connectivity index (χ2n) is 8.21. The Morgan fingerprint density at radius 1 is 1.26 bits per heavy atom. The van der Waals surface area contributed by atoms with Crippen molar-refractivity contribution in [2.75, 3.05) is 18.8 Å². The first-order valence-corrected chi connectivity index (χ1v) is 10.4. The first-order chi connectivity index (χ1) is 12.7. The molecule has 0 amide bonds. The maximum absolute atomic E-state index is 13.0. The highest BCUT2D eigenvalue weighted by Gasteiger charge is 2.26. The van der Waals surface area contributed by atoms with Crippen molar-refractivity contribution in [1.82, 2.24) is 4.90 Å². The van der Waals surface area contributed by atoms with E-state index in [9.17, 15) is 14.3 Å². The third kappa shape index (κ3) is 6.73. The van der Waals surface area contributed by atoms with E-state index >= 15 is 0 Å². The summed E-state index contributed by atoms with van der Waals surface area (Å²) in [4.78, 5) is 14.0. The van der Waals surface area contributed by atoms with Crippen LogP contribution in [0.4, 0.5) is 4.39 Å². The molecule has 0 unspecified atom stereocenters. The maximum Gasteiger partial charge on any atom is 0.338 e. The van der Waals surface area contributed by atoms with Crippen LogP contribution in [0, 0.1) is 11.2 Å². The van der Waals surface area contributed by atoms with Crippen LogP contribution >= 0.6 is 11.8 Å². The molecule has 1 aliphatic heterocycles. The fraction of sp³-hybridized carbons (Fsp3) is 0.500. The molecule has 148 valence electrons. The van der Waals surface area contributed by atoms with Gasteiger partial charge in [0.2, 0.25) is 0 Å². The summed E-state index contributed by atoms with van der Waals surface area (Å²) in [6.45, 7) is 10.1. The SMILES string of the molecule is CC1=CCN(CCC(C)(C)C)C(SCCCc2ccc(F)cc2)=C1C(=O)O. The Kier molecular flexibility index (Phi) is 7.54. The van der Waals surface area contributed by atoms with E-state index in [4.69, 9.17) is 0 Å². The standard InChI is InChI=1S/C22H30FNO2S/c1-16-11-13-24(14-12-22(2,3)4)20(19(16)21(25)26)27-15-5-6-17-7-9-18(23)10-8-17/h7-11H,5-6,12-15H2,1-4H3,(H,25,26). The third-order valence-electron chi connectivity index (χ3n) is 4.62. The number of carboxylic acid groups (broad SMARTS) is 1. The Balaban J connectivity index is 2.03. The number of nitrogens with zero attached hydrogens (tertiary/aromatic N) is 1. The quantitative estimate of drug-likeness (QED) is 0.595. The zero-order valence-corrected chi connectivity index (χ0v) is 17.5. The summed E-state index contributed by atoms with van der Waals surface area (Å²) in [5, 5.41) is 10.6. The van der Waals surface area contributed by atoms with Crippen LogP contribution in [-0.4, -0.2) is 34.8 Å². The molecule has 0 atom stereocenters. The molecule has 5 heteroatoms. The number of hydrogen-bond acceptors (Lipinski definition) is 3. The first kappa shape index (κ1) is 21.5. The van der Waals surface area contributed by atoms with E-state index in [1.165, 1.54) is 12.1 Å². The molecule has 1 heterocycles. The summed E-state index contributed by atoms with van der Waals surface area (Å²) < 4.78 is 13.0. The molecular formula is C22H30FNO2S. The molecule has 1 aliphatic rings. The fourth-order valence-electron chi connectivity index (χ4n) is 2.94. The van der Waals surface area contributed by atoms with E-state index in [0.29, 0.717) is 5.57 Å². The third-order valence-corrected chi connectivity index (χ3v) is 5.85. The Labute approximate surface area is 166 Å². The number of halogens is 1. The number of aryl methyl sites for hydroxylation is 1. The van der Waals surface area contributed by atoms with Crippen LogP contribution < -0.4 is 0 Å². The Bertz CT molecular complexity index is 717. The molecule has 0 spiro atoms. The zero-order chi connectivity index (χ0) is 20.0. The molecule has 1 aromatic carbocycles. The fourth-order valence-corrected chi connectivity index (χ4v) is 4.16. The second kappa shape index (κ2) is 9.45. The van der Waals surface area contributed by atoms with Crippen LogP contribution in [0.1, 0.15) is 46.1 Å². The van der Waals surface area contributed by atoms with Crippen molar-refractivity contribution < 1.29 is 14.3 Å². The van der Waals surface area contributed by atoms with E-state index in [1.54, 1.807) is 11.8 Å². The number of thioether (sulfide) groups is 1. The minimum Gasteiger partial charge on any atom is -0.478 e. The lowest BCUT2D eigenvalue weighted by Crippen LogP contribution is -2.31. The smallest absolute Gasteiger partial charge is 0.338 e. The van der Waals surface area contributed by atoms with Gasteiger partial charge in [0.25, 0.3) is 0 Å². The van der Waals surface area contributed by atoms with Crippen LogP contribution in [0.5, 0.6) is 0 Å². The summed E-state index contributed by atoms with van der Waals surface area (Å²) in [6.07, 6.45) is 4.80. The van der Waals surface area contributed by atoms with Crippen LogP contribution in [0.3, 0.4) is 0 Å². The van der Waals surface area contributed by atoms with Gasteiger partial charge >= 0.3 is 5.97 Å². The first-order valence-electron chi connectivity index (χ1n) is 9.44. The number of aliphatic carboxylic acids is 1. The molecule has 27 heavy (non-hydrogen) atoms. The summed E-state index contributed by atoms with van der Waals surface area (Å²) in [7, 11) is 0. The summed E-state index contributed by atoms with van der Waals surface area (Å²) in [5.41, 5.74) is 2.59. The molecule has 3 nitrogen and oxygen atoms in total. The molecule has 1 aromatic rings. The Morgan fingerprint density at radius 3 is 2.52 bits per heavy atom. The van der Waals surface area contributed by atoms with Gasteiger partial charge in [0.1, 0.15) is 5.82 Å². The van der Waals surface area contributed by atoms with Crippen molar-refractivity contribution >= 4 is 17.7 Å². The predicted octanol–water partition coefficient (Wildman–Crippen LogP) is 5.49. The summed E-state index contributed by atoms with van der Waals surface area (Å²) in [6, 6.07) is 6.59. The molecule has 0 aliphatic carbocycles. The van der Waals surface area contributed by atoms with Gasteiger partial charge < -0.3 is 10.0 Å². The summed E-state index contributed by atoms with van der Waals surface area (Å²) in [5.74, 6) is -0.239. The van der Waals surface area contributed by atoms with E-state index in [-0.39, 0.29) is 11.2 Å². The number of rotatable bonds is 8. The van der Waals surface area contributed by atoms with Crippen LogP contribution in [-0.2, 0) is 11.2 Å². The van der Waals surface area contributed by atoms with E-state index in [0.717, 1.165) is 54.3 Å². The van der Waals surface area contributed by atoms with Crippen molar-refractivity contribution in [3.8, 4) is 0 Å². The van der Waals surface area contributed by atoms with Crippen LogP contribution in [0.2, 0.25) is 0 Å². The highest BCUT2D eigenvalue weighted by atomic mass is 32.2. The summed E-state index contributed by atoms with van der Waals surface area (Å²) >= 11 is 1.63. The van der Waals surface area contributed by atoms with E-state index < -0.39 is 5.97 Å². The van der Waals surface area contributed by atoms with Crippen LogP contribution in [0.25, 0.3) is 0 Å². The van der Waals surface area contributed by atoms with Crippen molar-refractivity contribution in [1.29, 1.82) is 0 Å². The van der Waals surface area contributed by atoms with Gasteiger partial charge in [-0.3, -0.25) is 0 Å². The van der Waals surface area contributed by atoms with Gasteiger partial charge in [-0.1, -0.05) is 39.0 Å². The van der Waals surface area contributed by atoms with Crippen molar-refractivity contribution in [2.45, 2.75) is 47.0 Å². The lowest BCUT2D eigenvalue weighted by molar-refractivity contribution is -0.132. The molecule has 0 saturated carbocycles. The average molecular weight is 392 g/mol. The highest BCUT2D eigenvalue weighted by molar-refractivity contribution is 8.03. The van der Waals surface area contributed by atoms with Gasteiger partial charge in [-0.2, -0.15) is 0 Å². The number of carboxylic acids is 1. The highest BCUT2D eigenvalue weighted by Crippen LogP contribution is 2.33. The second-order valence-corrected chi connectivity index (χ2v) is 9.29. The predicted molar refractivity (Wildman–Crippen MR) is 111 cm³/mol. The average Bonchev–Trinajstić information content (AvgIpc) is 2.58. The molecule has 0 radical (unpaired) electrons. The molecule has 1 N–H and O–H groups in total. The van der Waals surface area contributed by atoms with E-state index in [1.807, 2.05) is 25.1 Å². The van der Waals surface area contributed by atoms with Gasteiger partial charge in [-0.25, -0.2) is 9.18 Å². The van der Waals surface area contributed by atoms with Gasteiger partial charge in [0.05, 0.1) is 10.6 Å². The van der Waals surface area contributed by atoms with Gasteiger partial charge in [-0.05, 0) is 60.6 Å². The molecule has 0 bridgehead atoms. The van der Waals surface area contributed by atoms with Crippen LogP contribution in [0.15, 0.2) is 46.5 Å². The minimum atomic E-state index is -0.856. The van der Waals surface area contributed by atoms with Crippen molar-refractivity contribution in [3.05, 3.63) is 57.9 Å². The molecule has 0 fully saturated rings. The lowest BCUT2D eigenvalue weighted by atomic mass is 9.92. The van der Waals surface area contributed by atoms with Crippen molar-refractivity contribution in [3.63, 3.8) is 0 Å². The van der Waals surface area contributed by atoms with Gasteiger partial charge in [0, 0.05) is 13.1 Å². The number of hydrogen-bond donors (Lipinski definition) is 1. The van der Waals surface area contributed by atoms with E-state index in [2.05, 4.69) is 25.7 Å². The topological polar surface area (TPSA) is 40.5 Å². The monoisotopic (exact) mass is 391 g/mol. The molecular weight excluding hydrogens is 361 g/mol. The Morgan fingerprint density at radius 2 is 1.93 bits per heavy atom. The zero-order valence-electron chi connectivity index (χ0n) is 16.7. The minimum absolute atomic E-state index is 0.206. The normalized spacial score (nSPS) is 15.1. The molecule has 0 aromatic heterocycles.